The molecule has 0 unspecified atom stereocenters. The van der Waals surface area contributed by atoms with E-state index in [9.17, 15) is 4.79 Å². The molecule has 0 aromatic heterocycles. The van der Waals surface area contributed by atoms with Gasteiger partial charge < -0.3 is 9.47 Å². The number of methoxy groups -OCH3 is 1. The first-order chi connectivity index (χ1) is 7.04. The molecule has 0 saturated carbocycles. The normalized spacial score (nSPS) is 10.1. The van der Waals surface area contributed by atoms with E-state index in [0.29, 0.717) is 5.02 Å². The molecule has 0 heterocycles. The second kappa shape index (κ2) is 5.56. The maximum Gasteiger partial charge on any atom is 0.337 e. The SMILES string of the molecule is COCC(=O)Oc1c(Cl)cc(Cl)cc1Cl. The van der Waals surface area contributed by atoms with E-state index in [1.54, 1.807) is 0 Å². The Morgan fingerprint density at radius 2 is 1.80 bits per heavy atom. The highest BCUT2D eigenvalue weighted by Crippen LogP contribution is 2.35. The summed E-state index contributed by atoms with van der Waals surface area (Å²) in [6.45, 7) is -0.171. The molecule has 0 bridgehead atoms. The topological polar surface area (TPSA) is 35.5 Å². The van der Waals surface area contributed by atoms with Crippen molar-refractivity contribution >= 4 is 40.8 Å². The van der Waals surface area contributed by atoms with Gasteiger partial charge in [0.2, 0.25) is 0 Å². The lowest BCUT2D eigenvalue weighted by Crippen LogP contribution is -2.14. The summed E-state index contributed by atoms with van der Waals surface area (Å²) in [6.07, 6.45) is 0. The monoisotopic (exact) mass is 268 g/mol. The maximum atomic E-state index is 11.1. The molecule has 0 aliphatic rings. The van der Waals surface area contributed by atoms with Crippen LogP contribution >= 0.6 is 34.8 Å². The first kappa shape index (κ1) is 12.6. The van der Waals surface area contributed by atoms with Crippen LogP contribution in [0.15, 0.2) is 12.1 Å². The zero-order chi connectivity index (χ0) is 11.4. The van der Waals surface area contributed by atoms with Crippen LogP contribution in [0.4, 0.5) is 0 Å². The van der Waals surface area contributed by atoms with Crippen LogP contribution in [0.5, 0.6) is 5.75 Å². The Balaban J connectivity index is 2.90. The van der Waals surface area contributed by atoms with E-state index >= 15 is 0 Å². The van der Waals surface area contributed by atoms with Crippen LogP contribution in [0.3, 0.4) is 0 Å². The van der Waals surface area contributed by atoms with E-state index in [-0.39, 0.29) is 22.4 Å². The third-order valence-electron chi connectivity index (χ3n) is 1.44. The van der Waals surface area contributed by atoms with E-state index in [1.165, 1.54) is 19.2 Å². The molecular weight excluding hydrogens is 262 g/mol. The minimum atomic E-state index is -0.580. The van der Waals surface area contributed by atoms with Gasteiger partial charge in [0.25, 0.3) is 0 Å². The van der Waals surface area contributed by atoms with E-state index in [4.69, 9.17) is 39.5 Å². The van der Waals surface area contributed by atoms with Crippen LogP contribution < -0.4 is 4.74 Å². The van der Waals surface area contributed by atoms with Crippen molar-refractivity contribution in [3.8, 4) is 5.75 Å². The predicted octanol–water partition coefficient (Wildman–Crippen LogP) is 3.20. The van der Waals surface area contributed by atoms with Crippen LogP contribution in [-0.2, 0) is 9.53 Å². The molecular formula is C9H7Cl3O3. The number of halogens is 3. The van der Waals surface area contributed by atoms with Crippen molar-refractivity contribution in [2.75, 3.05) is 13.7 Å². The van der Waals surface area contributed by atoms with Gasteiger partial charge in [-0.25, -0.2) is 4.79 Å². The molecule has 0 amide bonds. The zero-order valence-electron chi connectivity index (χ0n) is 7.72. The number of carbonyl (C=O) groups is 1. The molecule has 15 heavy (non-hydrogen) atoms. The summed E-state index contributed by atoms with van der Waals surface area (Å²) >= 11 is 17.3. The van der Waals surface area contributed by atoms with Crippen molar-refractivity contribution < 1.29 is 14.3 Å². The van der Waals surface area contributed by atoms with Crippen LogP contribution in [0.2, 0.25) is 15.1 Å². The highest BCUT2D eigenvalue weighted by atomic mass is 35.5. The van der Waals surface area contributed by atoms with Gasteiger partial charge in [0.15, 0.2) is 5.75 Å². The number of ether oxygens (including phenoxy) is 2. The Bertz CT molecular complexity index is 356. The van der Waals surface area contributed by atoms with Crippen LogP contribution in [0.1, 0.15) is 0 Å². The van der Waals surface area contributed by atoms with E-state index < -0.39 is 5.97 Å². The highest BCUT2D eigenvalue weighted by molar-refractivity contribution is 6.40. The van der Waals surface area contributed by atoms with Gasteiger partial charge in [-0.2, -0.15) is 0 Å². The second-order valence-corrected chi connectivity index (χ2v) is 3.86. The Kier molecular flexibility index (Phi) is 4.67. The fourth-order valence-corrected chi connectivity index (χ4v) is 1.78. The molecule has 6 heteroatoms. The van der Waals surface area contributed by atoms with Gasteiger partial charge in [-0.05, 0) is 12.1 Å². The number of carbonyl (C=O) groups excluding carboxylic acids is 1. The molecule has 0 atom stereocenters. The standard InChI is InChI=1S/C9H7Cl3O3/c1-14-4-8(13)15-9-6(11)2-5(10)3-7(9)12/h2-3H,4H2,1H3. The summed E-state index contributed by atoms with van der Waals surface area (Å²) in [7, 11) is 1.38. The van der Waals surface area contributed by atoms with Gasteiger partial charge in [0, 0.05) is 12.1 Å². The number of hydrogen-bond donors (Lipinski definition) is 0. The number of rotatable bonds is 3. The summed E-state index contributed by atoms with van der Waals surface area (Å²) < 4.78 is 9.48. The number of hydrogen-bond acceptors (Lipinski definition) is 3. The maximum absolute atomic E-state index is 11.1. The van der Waals surface area contributed by atoms with Crippen molar-refractivity contribution in [1.82, 2.24) is 0 Å². The first-order valence-corrected chi connectivity index (χ1v) is 5.02. The molecule has 0 aliphatic heterocycles. The minimum absolute atomic E-state index is 0.0878. The smallest absolute Gasteiger partial charge is 0.337 e. The summed E-state index contributed by atoms with van der Waals surface area (Å²) in [5.74, 6) is -0.492. The molecule has 0 N–H and O–H groups in total. The Morgan fingerprint density at radius 3 is 2.27 bits per heavy atom. The summed E-state index contributed by atoms with van der Waals surface area (Å²) in [6, 6.07) is 2.87. The molecule has 3 nitrogen and oxygen atoms in total. The molecule has 82 valence electrons. The largest absolute Gasteiger partial charge is 0.422 e. The third kappa shape index (κ3) is 3.54. The molecule has 0 fully saturated rings. The van der Waals surface area contributed by atoms with Crippen molar-refractivity contribution in [1.29, 1.82) is 0 Å². The van der Waals surface area contributed by atoms with Gasteiger partial charge in [-0.3, -0.25) is 0 Å². The lowest BCUT2D eigenvalue weighted by molar-refractivity contribution is -0.138. The van der Waals surface area contributed by atoms with Crippen molar-refractivity contribution in [2.24, 2.45) is 0 Å². The summed E-state index contributed by atoms with van der Waals surface area (Å²) in [5, 5.41) is 0.727. The summed E-state index contributed by atoms with van der Waals surface area (Å²) in [4.78, 5) is 11.1. The Labute approximate surface area is 102 Å². The average molecular weight is 270 g/mol. The van der Waals surface area contributed by atoms with Crippen molar-refractivity contribution in [2.45, 2.75) is 0 Å². The van der Waals surface area contributed by atoms with Gasteiger partial charge >= 0.3 is 5.97 Å². The average Bonchev–Trinajstić information content (AvgIpc) is 2.11. The fraction of sp³-hybridized carbons (Fsp3) is 0.222. The summed E-state index contributed by atoms with van der Waals surface area (Å²) in [5.41, 5.74) is 0. The highest BCUT2D eigenvalue weighted by Gasteiger charge is 2.13. The lowest BCUT2D eigenvalue weighted by Gasteiger charge is -2.07. The molecule has 0 spiro atoms. The van der Waals surface area contributed by atoms with Gasteiger partial charge in [0.05, 0.1) is 10.0 Å². The van der Waals surface area contributed by atoms with Gasteiger partial charge in [-0.15, -0.1) is 0 Å². The van der Waals surface area contributed by atoms with Crippen molar-refractivity contribution in [3.63, 3.8) is 0 Å². The molecule has 1 aromatic rings. The zero-order valence-corrected chi connectivity index (χ0v) is 9.99. The number of esters is 1. The molecule has 0 saturated heterocycles. The number of benzene rings is 1. The van der Waals surface area contributed by atoms with Crippen molar-refractivity contribution in [3.05, 3.63) is 27.2 Å². The van der Waals surface area contributed by atoms with Gasteiger partial charge in [0.1, 0.15) is 6.61 Å². The van der Waals surface area contributed by atoms with Crippen LogP contribution in [0, 0.1) is 0 Å². The second-order valence-electron chi connectivity index (χ2n) is 2.61. The quantitative estimate of drug-likeness (QED) is 0.624. The minimum Gasteiger partial charge on any atom is -0.422 e. The predicted molar refractivity (Wildman–Crippen MR) is 59.0 cm³/mol. The molecule has 0 aliphatic carbocycles. The van der Waals surface area contributed by atoms with E-state index in [0.717, 1.165) is 0 Å². The van der Waals surface area contributed by atoms with Crippen LogP contribution in [0.25, 0.3) is 0 Å². The molecule has 1 rings (SSSR count). The Hall–Kier alpha value is -0.480. The van der Waals surface area contributed by atoms with E-state index in [1.807, 2.05) is 0 Å². The first-order valence-electron chi connectivity index (χ1n) is 3.88. The van der Waals surface area contributed by atoms with E-state index in [2.05, 4.69) is 4.74 Å². The molecule has 0 radical (unpaired) electrons. The van der Waals surface area contributed by atoms with Crippen LogP contribution in [-0.4, -0.2) is 19.7 Å². The fourth-order valence-electron chi connectivity index (χ4n) is 0.888. The third-order valence-corrected chi connectivity index (χ3v) is 2.22. The van der Waals surface area contributed by atoms with Gasteiger partial charge in [-0.1, -0.05) is 34.8 Å². The molecule has 1 aromatic carbocycles. The lowest BCUT2D eigenvalue weighted by atomic mass is 10.3. The Morgan fingerprint density at radius 1 is 1.27 bits per heavy atom.